The quantitative estimate of drug-likeness (QED) is 0.850. The molecule has 2 aromatic rings. The number of halogens is 1. The number of hydrogen-bond donors (Lipinski definition) is 1. The van der Waals surface area contributed by atoms with E-state index in [2.05, 4.69) is 20.9 Å². The topological polar surface area (TPSA) is 51.6 Å². The zero-order chi connectivity index (χ0) is 13.8. The summed E-state index contributed by atoms with van der Waals surface area (Å²) in [4.78, 5) is 4.28. The largest absolute Gasteiger partial charge is 0.506 e. The SMILES string of the molecule is CCOC(OCC)c1cnc2c(O)cc(Br)cc2c1. The lowest BCUT2D eigenvalue weighted by Crippen LogP contribution is -2.09. The van der Waals surface area contributed by atoms with E-state index in [9.17, 15) is 5.11 Å². The van der Waals surface area contributed by atoms with E-state index in [0.717, 1.165) is 15.4 Å². The molecule has 0 spiro atoms. The van der Waals surface area contributed by atoms with Crippen LogP contribution in [0.5, 0.6) is 5.75 Å². The Bertz CT molecular complexity index is 568. The summed E-state index contributed by atoms with van der Waals surface area (Å²) in [5.41, 5.74) is 1.41. The fourth-order valence-electron chi connectivity index (χ4n) is 1.88. The smallest absolute Gasteiger partial charge is 0.185 e. The molecule has 102 valence electrons. The molecule has 0 aliphatic carbocycles. The standard InChI is InChI=1S/C14H16BrNO3/c1-3-18-14(19-4-2)10-5-9-6-11(15)7-12(17)13(9)16-8-10/h5-8,14,17H,3-4H2,1-2H3. The zero-order valence-corrected chi connectivity index (χ0v) is 12.5. The van der Waals surface area contributed by atoms with E-state index in [0.29, 0.717) is 18.7 Å². The zero-order valence-electron chi connectivity index (χ0n) is 10.9. The van der Waals surface area contributed by atoms with Crippen LogP contribution in [0.25, 0.3) is 10.9 Å². The van der Waals surface area contributed by atoms with E-state index in [1.807, 2.05) is 26.0 Å². The Morgan fingerprint density at radius 2 is 1.89 bits per heavy atom. The number of phenols is 1. The second-order valence-corrected chi connectivity index (χ2v) is 4.92. The van der Waals surface area contributed by atoms with E-state index >= 15 is 0 Å². The van der Waals surface area contributed by atoms with Crippen LogP contribution in [0.3, 0.4) is 0 Å². The molecule has 1 heterocycles. The minimum atomic E-state index is -0.423. The number of ether oxygens (including phenoxy) is 2. The molecule has 0 aliphatic rings. The molecule has 0 amide bonds. The summed E-state index contributed by atoms with van der Waals surface area (Å²) in [6, 6.07) is 5.45. The molecule has 0 aliphatic heterocycles. The van der Waals surface area contributed by atoms with Gasteiger partial charge in [0.05, 0.1) is 0 Å². The van der Waals surface area contributed by atoms with Gasteiger partial charge in [-0.3, -0.25) is 4.98 Å². The highest BCUT2D eigenvalue weighted by molar-refractivity contribution is 9.10. The van der Waals surface area contributed by atoms with Crippen molar-refractivity contribution in [3.8, 4) is 5.75 Å². The van der Waals surface area contributed by atoms with Gasteiger partial charge in [-0.2, -0.15) is 0 Å². The lowest BCUT2D eigenvalue weighted by molar-refractivity contribution is -0.140. The van der Waals surface area contributed by atoms with Gasteiger partial charge in [-0.05, 0) is 32.0 Å². The molecule has 0 radical (unpaired) electrons. The van der Waals surface area contributed by atoms with Crippen molar-refractivity contribution < 1.29 is 14.6 Å². The minimum Gasteiger partial charge on any atom is -0.506 e. The van der Waals surface area contributed by atoms with E-state index < -0.39 is 6.29 Å². The van der Waals surface area contributed by atoms with Crippen LogP contribution < -0.4 is 0 Å². The first-order valence-corrected chi connectivity index (χ1v) is 6.96. The number of aromatic hydroxyl groups is 1. The predicted octanol–water partition coefficient (Wildman–Crippen LogP) is 3.77. The maximum absolute atomic E-state index is 9.83. The number of rotatable bonds is 5. The number of pyridine rings is 1. The van der Waals surface area contributed by atoms with E-state index in [4.69, 9.17) is 9.47 Å². The third-order valence-corrected chi connectivity index (χ3v) is 3.12. The summed E-state index contributed by atoms with van der Waals surface area (Å²) in [6.07, 6.45) is 1.25. The van der Waals surface area contributed by atoms with Crippen LogP contribution in [0.1, 0.15) is 25.7 Å². The number of fused-ring (bicyclic) bond motifs is 1. The predicted molar refractivity (Wildman–Crippen MR) is 77.1 cm³/mol. The summed E-state index contributed by atoms with van der Waals surface area (Å²) in [6.45, 7) is 4.96. The van der Waals surface area contributed by atoms with Crippen molar-refractivity contribution in [1.29, 1.82) is 0 Å². The van der Waals surface area contributed by atoms with Gasteiger partial charge in [-0.1, -0.05) is 15.9 Å². The third kappa shape index (κ3) is 3.23. The van der Waals surface area contributed by atoms with Gasteiger partial charge < -0.3 is 14.6 Å². The Labute approximate surface area is 120 Å². The first kappa shape index (κ1) is 14.2. The summed E-state index contributed by atoms with van der Waals surface area (Å²) >= 11 is 3.36. The molecule has 19 heavy (non-hydrogen) atoms. The number of aromatic nitrogens is 1. The Morgan fingerprint density at radius 3 is 2.53 bits per heavy atom. The lowest BCUT2D eigenvalue weighted by atomic mass is 10.1. The van der Waals surface area contributed by atoms with Crippen molar-refractivity contribution in [1.82, 2.24) is 4.98 Å². The van der Waals surface area contributed by atoms with Gasteiger partial charge in [0, 0.05) is 34.8 Å². The Hall–Kier alpha value is -1.17. The average Bonchev–Trinajstić information content (AvgIpc) is 2.37. The van der Waals surface area contributed by atoms with Crippen molar-refractivity contribution in [2.24, 2.45) is 0 Å². The monoisotopic (exact) mass is 325 g/mol. The van der Waals surface area contributed by atoms with Crippen molar-refractivity contribution in [2.45, 2.75) is 20.1 Å². The summed E-state index contributed by atoms with van der Waals surface area (Å²) in [5.74, 6) is 0.153. The van der Waals surface area contributed by atoms with Crippen molar-refractivity contribution in [3.63, 3.8) is 0 Å². The van der Waals surface area contributed by atoms with Crippen LogP contribution in [0.4, 0.5) is 0 Å². The Morgan fingerprint density at radius 1 is 1.21 bits per heavy atom. The van der Waals surface area contributed by atoms with Crippen molar-refractivity contribution >= 4 is 26.8 Å². The van der Waals surface area contributed by atoms with Gasteiger partial charge in [0.15, 0.2) is 6.29 Å². The molecule has 2 rings (SSSR count). The second kappa shape index (κ2) is 6.32. The molecular formula is C14H16BrNO3. The van der Waals surface area contributed by atoms with Crippen LogP contribution in [0.2, 0.25) is 0 Å². The van der Waals surface area contributed by atoms with E-state index in [1.165, 1.54) is 0 Å². The molecule has 0 fully saturated rings. The van der Waals surface area contributed by atoms with Crippen LogP contribution in [-0.4, -0.2) is 23.3 Å². The van der Waals surface area contributed by atoms with Gasteiger partial charge >= 0.3 is 0 Å². The molecule has 1 aromatic heterocycles. The number of hydrogen-bond acceptors (Lipinski definition) is 4. The molecular weight excluding hydrogens is 310 g/mol. The second-order valence-electron chi connectivity index (χ2n) is 4.01. The van der Waals surface area contributed by atoms with Gasteiger partial charge in [0.1, 0.15) is 11.3 Å². The van der Waals surface area contributed by atoms with Crippen LogP contribution in [0, 0.1) is 0 Å². The third-order valence-electron chi connectivity index (χ3n) is 2.66. The molecule has 1 aromatic carbocycles. The maximum atomic E-state index is 9.83. The summed E-state index contributed by atoms with van der Waals surface area (Å²) in [5, 5.41) is 10.7. The average molecular weight is 326 g/mol. The molecule has 0 saturated carbocycles. The maximum Gasteiger partial charge on any atom is 0.185 e. The summed E-state index contributed by atoms with van der Waals surface area (Å²) < 4.78 is 11.9. The molecule has 0 saturated heterocycles. The fourth-order valence-corrected chi connectivity index (χ4v) is 2.35. The fraction of sp³-hybridized carbons (Fsp3) is 0.357. The van der Waals surface area contributed by atoms with Crippen LogP contribution >= 0.6 is 15.9 Å². The van der Waals surface area contributed by atoms with Crippen molar-refractivity contribution in [2.75, 3.05) is 13.2 Å². The first-order valence-electron chi connectivity index (χ1n) is 6.17. The highest BCUT2D eigenvalue weighted by Crippen LogP contribution is 2.30. The Balaban J connectivity index is 2.44. The normalized spacial score (nSPS) is 11.4. The highest BCUT2D eigenvalue weighted by Gasteiger charge is 2.13. The van der Waals surface area contributed by atoms with Crippen molar-refractivity contribution in [3.05, 3.63) is 34.4 Å². The number of nitrogens with zero attached hydrogens (tertiary/aromatic N) is 1. The molecule has 4 nitrogen and oxygen atoms in total. The molecule has 0 bridgehead atoms. The number of phenolic OH excluding ortho intramolecular Hbond substituents is 1. The number of benzene rings is 1. The van der Waals surface area contributed by atoms with E-state index in [1.54, 1.807) is 12.3 Å². The molecule has 5 heteroatoms. The minimum absolute atomic E-state index is 0.153. The van der Waals surface area contributed by atoms with Gasteiger partial charge in [0.2, 0.25) is 0 Å². The molecule has 1 N–H and O–H groups in total. The lowest BCUT2D eigenvalue weighted by Gasteiger charge is -2.17. The van der Waals surface area contributed by atoms with Gasteiger partial charge in [0.25, 0.3) is 0 Å². The highest BCUT2D eigenvalue weighted by atomic mass is 79.9. The Kier molecular flexibility index (Phi) is 4.74. The van der Waals surface area contributed by atoms with Gasteiger partial charge in [-0.15, -0.1) is 0 Å². The molecule has 0 unspecified atom stereocenters. The van der Waals surface area contributed by atoms with E-state index in [-0.39, 0.29) is 5.75 Å². The van der Waals surface area contributed by atoms with Gasteiger partial charge in [-0.25, -0.2) is 0 Å². The molecule has 0 atom stereocenters. The summed E-state index contributed by atoms with van der Waals surface area (Å²) in [7, 11) is 0. The van der Waals surface area contributed by atoms with Crippen LogP contribution in [-0.2, 0) is 9.47 Å². The van der Waals surface area contributed by atoms with Crippen LogP contribution in [0.15, 0.2) is 28.9 Å². The first-order chi connectivity index (χ1) is 9.15.